The standard InChI is InChI=1S/C13H18F2N2O/c1-7(2)12(13(16)18)17-8(3)9-4-10(14)6-11(15)5-9/h4-8,12,17H,1-3H3,(H2,16,18). The van der Waals surface area contributed by atoms with Gasteiger partial charge in [-0.05, 0) is 30.5 Å². The number of nitrogens with two attached hydrogens (primary N) is 1. The van der Waals surface area contributed by atoms with Crippen molar-refractivity contribution in [3.8, 4) is 0 Å². The van der Waals surface area contributed by atoms with Gasteiger partial charge in [-0.3, -0.25) is 10.1 Å². The van der Waals surface area contributed by atoms with Crippen molar-refractivity contribution in [2.45, 2.75) is 32.9 Å². The lowest BCUT2D eigenvalue weighted by atomic mass is 10.0. The molecular weight excluding hydrogens is 238 g/mol. The Kier molecular flexibility index (Phi) is 4.78. The first-order valence-corrected chi connectivity index (χ1v) is 5.82. The van der Waals surface area contributed by atoms with Crippen LogP contribution in [0.1, 0.15) is 32.4 Å². The molecule has 3 nitrogen and oxygen atoms in total. The highest BCUT2D eigenvalue weighted by Gasteiger charge is 2.22. The first-order chi connectivity index (χ1) is 8.31. The fourth-order valence-electron chi connectivity index (χ4n) is 1.79. The molecule has 0 bridgehead atoms. The van der Waals surface area contributed by atoms with Gasteiger partial charge >= 0.3 is 0 Å². The molecule has 1 aromatic rings. The van der Waals surface area contributed by atoms with Crippen molar-refractivity contribution in [1.29, 1.82) is 0 Å². The zero-order valence-electron chi connectivity index (χ0n) is 10.7. The summed E-state index contributed by atoms with van der Waals surface area (Å²) in [5.74, 6) is -1.75. The molecule has 1 aromatic carbocycles. The van der Waals surface area contributed by atoms with Crippen LogP contribution in [0.5, 0.6) is 0 Å². The molecular formula is C13H18F2N2O. The van der Waals surface area contributed by atoms with E-state index in [0.29, 0.717) is 5.56 Å². The van der Waals surface area contributed by atoms with E-state index in [1.165, 1.54) is 12.1 Å². The molecule has 5 heteroatoms. The smallest absolute Gasteiger partial charge is 0.234 e. The molecule has 3 N–H and O–H groups in total. The Labute approximate surface area is 105 Å². The van der Waals surface area contributed by atoms with Gasteiger partial charge < -0.3 is 5.73 Å². The zero-order valence-corrected chi connectivity index (χ0v) is 10.7. The number of benzene rings is 1. The van der Waals surface area contributed by atoms with E-state index < -0.39 is 23.6 Å². The highest BCUT2D eigenvalue weighted by atomic mass is 19.1. The van der Waals surface area contributed by atoms with E-state index in [2.05, 4.69) is 5.32 Å². The summed E-state index contributed by atoms with van der Waals surface area (Å²) >= 11 is 0. The molecule has 1 rings (SSSR count). The minimum atomic E-state index is -0.640. The van der Waals surface area contributed by atoms with Crippen LogP contribution in [0.15, 0.2) is 18.2 Å². The van der Waals surface area contributed by atoms with E-state index in [9.17, 15) is 13.6 Å². The molecule has 0 fully saturated rings. The Balaban J connectivity index is 2.86. The summed E-state index contributed by atoms with van der Waals surface area (Å²) < 4.78 is 26.2. The van der Waals surface area contributed by atoms with Crippen molar-refractivity contribution in [3.05, 3.63) is 35.4 Å². The Hall–Kier alpha value is -1.49. The Morgan fingerprint density at radius 3 is 2.06 bits per heavy atom. The van der Waals surface area contributed by atoms with Crippen LogP contribution in [0.3, 0.4) is 0 Å². The third kappa shape index (κ3) is 3.77. The number of rotatable bonds is 5. The number of amides is 1. The molecule has 0 aliphatic rings. The lowest BCUT2D eigenvalue weighted by Crippen LogP contribution is -2.45. The van der Waals surface area contributed by atoms with Gasteiger partial charge in [0.15, 0.2) is 0 Å². The second-order valence-electron chi connectivity index (χ2n) is 4.72. The number of carbonyl (C=O) groups excluding carboxylic acids is 1. The lowest BCUT2D eigenvalue weighted by Gasteiger charge is -2.24. The van der Waals surface area contributed by atoms with Crippen molar-refractivity contribution in [3.63, 3.8) is 0 Å². The molecule has 0 aliphatic carbocycles. The Morgan fingerprint density at radius 2 is 1.67 bits per heavy atom. The van der Waals surface area contributed by atoms with E-state index in [1.807, 2.05) is 13.8 Å². The Bertz CT molecular complexity index is 415. The third-order valence-electron chi connectivity index (χ3n) is 2.79. The summed E-state index contributed by atoms with van der Waals surface area (Å²) in [7, 11) is 0. The van der Waals surface area contributed by atoms with Gasteiger partial charge in [-0.25, -0.2) is 8.78 Å². The fourth-order valence-corrected chi connectivity index (χ4v) is 1.79. The third-order valence-corrected chi connectivity index (χ3v) is 2.79. The quantitative estimate of drug-likeness (QED) is 0.848. The SMILES string of the molecule is CC(NC(C(N)=O)C(C)C)c1cc(F)cc(F)c1. The molecule has 18 heavy (non-hydrogen) atoms. The minimum Gasteiger partial charge on any atom is -0.368 e. The first-order valence-electron chi connectivity index (χ1n) is 5.82. The molecule has 0 saturated heterocycles. The maximum absolute atomic E-state index is 13.1. The minimum absolute atomic E-state index is 0.00311. The number of hydrogen-bond donors (Lipinski definition) is 2. The van der Waals surface area contributed by atoms with Crippen LogP contribution in [0.2, 0.25) is 0 Å². The molecule has 0 aliphatic heterocycles. The summed E-state index contributed by atoms with van der Waals surface area (Å²) in [5, 5.41) is 2.98. The maximum Gasteiger partial charge on any atom is 0.234 e. The molecule has 0 heterocycles. The summed E-state index contributed by atoms with van der Waals surface area (Å²) in [6.07, 6.45) is 0. The predicted octanol–water partition coefficient (Wildman–Crippen LogP) is 2.13. The van der Waals surface area contributed by atoms with E-state index in [0.717, 1.165) is 6.07 Å². The topological polar surface area (TPSA) is 55.1 Å². The van der Waals surface area contributed by atoms with Crippen LogP contribution in [0.4, 0.5) is 8.78 Å². The van der Waals surface area contributed by atoms with Crippen LogP contribution in [-0.2, 0) is 4.79 Å². The van der Waals surface area contributed by atoms with Crippen molar-refractivity contribution in [2.75, 3.05) is 0 Å². The van der Waals surface area contributed by atoms with Gasteiger partial charge in [0.1, 0.15) is 11.6 Å². The van der Waals surface area contributed by atoms with Crippen LogP contribution in [0.25, 0.3) is 0 Å². The van der Waals surface area contributed by atoms with Crippen LogP contribution >= 0.6 is 0 Å². The Morgan fingerprint density at radius 1 is 1.17 bits per heavy atom. The number of primary amides is 1. The van der Waals surface area contributed by atoms with Gasteiger partial charge in [-0.15, -0.1) is 0 Å². The fraction of sp³-hybridized carbons (Fsp3) is 0.462. The largest absolute Gasteiger partial charge is 0.368 e. The predicted molar refractivity (Wildman–Crippen MR) is 65.7 cm³/mol. The van der Waals surface area contributed by atoms with E-state index in [1.54, 1.807) is 6.92 Å². The second-order valence-corrected chi connectivity index (χ2v) is 4.72. The normalized spacial score (nSPS) is 14.6. The zero-order chi connectivity index (χ0) is 13.9. The van der Waals surface area contributed by atoms with Crippen LogP contribution in [0, 0.1) is 17.6 Å². The molecule has 1 amide bonds. The van der Waals surface area contributed by atoms with E-state index in [-0.39, 0.29) is 12.0 Å². The number of halogens is 2. The molecule has 2 unspecified atom stereocenters. The summed E-state index contributed by atoms with van der Waals surface area (Å²) in [6.45, 7) is 5.43. The monoisotopic (exact) mass is 256 g/mol. The molecule has 0 radical (unpaired) electrons. The summed E-state index contributed by atoms with van der Waals surface area (Å²) in [5.41, 5.74) is 5.72. The lowest BCUT2D eigenvalue weighted by molar-refractivity contribution is -0.121. The van der Waals surface area contributed by atoms with Crippen molar-refractivity contribution in [2.24, 2.45) is 11.7 Å². The van der Waals surface area contributed by atoms with Gasteiger partial charge in [0, 0.05) is 12.1 Å². The van der Waals surface area contributed by atoms with Crippen LogP contribution < -0.4 is 11.1 Å². The van der Waals surface area contributed by atoms with E-state index in [4.69, 9.17) is 5.73 Å². The van der Waals surface area contributed by atoms with Crippen molar-refractivity contribution >= 4 is 5.91 Å². The molecule has 2 atom stereocenters. The van der Waals surface area contributed by atoms with Crippen molar-refractivity contribution in [1.82, 2.24) is 5.32 Å². The van der Waals surface area contributed by atoms with Gasteiger partial charge in [-0.1, -0.05) is 13.8 Å². The van der Waals surface area contributed by atoms with Gasteiger partial charge in [0.2, 0.25) is 5.91 Å². The summed E-state index contributed by atoms with van der Waals surface area (Å²) in [4.78, 5) is 11.3. The molecule has 0 spiro atoms. The van der Waals surface area contributed by atoms with E-state index >= 15 is 0 Å². The van der Waals surface area contributed by atoms with Crippen molar-refractivity contribution < 1.29 is 13.6 Å². The average Bonchev–Trinajstić information content (AvgIpc) is 2.23. The summed E-state index contributed by atoms with van der Waals surface area (Å²) in [6, 6.07) is 2.38. The molecule has 0 aromatic heterocycles. The van der Waals surface area contributed by atoms with Crippen LogP contribution in [-0.4, -0.2) is 11.9 Å². The number of hydrogen-bond acceptors (Lipinski definition) is 2. The number of nitrogens with one attached hydrogen (secondary N) is 1. The van der Waals surface area contributed by atoms with Gasteiger partial charge in [-0.2, -0.15) is 0 Å². The maximum atomic E-state index is 13.1. The second kappa shape index (κ2) is 5.91. The van der Waals surface area contributed by atoms with Gasteiger partial charge in [0.25, 0.3) is 0 Å². The molecule has 100 valence electrons. The first kappa shape index (κ1) is 14.6. The average molecular weight is 256 g/mol. The van der Waals surface area contributed by atoms with Gasteiger partial charge in [0.05, 0.1) is 6.04 Å². The highest BCUT2D eigenvalue weighted by molar-refractivity contribution is 5.80. The molecule has 0 saturated carbocycles. The number of carbonyl (C=O) groups is 1. The highest BCUT2D eigenvalue weighted by Crippen LogP contribution is 2.17.